The van der Waals surface area contributed by atoms with Crippen LogP contribution in [-0.4, -0.2) is 65.2 Å². The van der Waals surface area contributed by atoms with Crippen LogP contribution < -0.4 is 10.1 Å². The van der Waals surface area contributed by atoms with E-state index in [0.29, 0.717) is 25.7 Å². The largest absolute Gasteiger partial charge is 0.489 e. The summed E-state index contributed by atoms with van der Waals surface area (Å²) >= 11 is 0. The van der Waals surface area contributed by atoms with Crippen molar-refractivity contribution in [3.8, 4) is 5.75 Å². The Bertz CT molecular complexity index is 974. The summed E-state index contributed by atoms with van der Waals surface area (Å²) < 4.78 is 49.8. The van der Waals surface area contributed by atoms with Crippen LogP contribution in [0.4, 0.5) is 13.2 Å². The maximum atomic E-state index is 13.0. The van der Waals surface area contributed by atoms with Crippen LogP contribution in [-0.2, 0) is 25.3 Å². The Morgan fingerprint density at radius 3 is 2.62 bits per heavy atom. The van der Waals surface area contributed by atoms with Gasteiger partial charge in [0.1, 0.15) is 12.4 Å². The van der Waals surface area contributed by atoms with E-state index in [1.54, 1.807) is 6.08 Å². The number of esters is 1. The monoisotopic (exact) mass is 562 g/mol. The Balaban J connectivity index is 1.84. The van der Waals surface area contributed by atoms with Crippen LogP contribution in [0.15, 0.2) is 36.4 Å². The van der Waals surface area contributed by atoms with E-state index in [9.17, 15) is 43.1 Å². The van der Waals surface area contributed by atoms with Crippen LogP contribution >= 0.6 is 0 Å². The van der Waals surface area contributed by atoms with Crippen molar-refractivity contribution in [3.05, 3.63) is 52.1 Å². The molecule has 1 saturated carbocycles. The number of aliphatic hydroxyl groups is 2. The number of hydrogen-bond donors (Lipinski definition) is 3. The van der Waals surface area contributed by atoms with Gasteiger partial charge in [0.15, 0.2) is 6.10 Å². The molecular weight excluding hydrogens is 529 g/mol. The molecule has 4 atom stereocenters. The highest BCUT2D eigenvalue weighted by molar-refractivity contribution is 5.77. The number of nitrogens with one attached hydrogen (secondary N) is 1. The van der Waals surface area contributed by atoms with Gasteiger partial charge in [-0.1, -0.05) is 18.6 Å². The third-order valence-electron chi connectivity index (χ3n) is 5.88. The molecular formula is C25H33F3N2O9. The molecule has 39 heavy (non-hydrogen) atoms. The second-order valence-corrected chi connectivity index (χ2v) is 9.07. The van der Waals surface area contributed by atoms with E-state index < -0.39 is 41.1 Å². The summed E-state index contributed by atoms with van der Waals surface area (Å²) in [5, 5.41) is 31.5. The molecule has 218 valence electrons. The first-order valence-electron chi connectivity index (χ1n) is 12.5. The SMILES string of the molecule is O=C(CCCCCO[N+](=O)[O-])NCCC(=O)O[C@H](/C=C/[C@@H]1C[C@@H](O)C[C@H]1O)COc1cccc(C(F)(F)F)c1. The first-order chi connectivity index (χ1) is 18.4. The predicted octanol–water partition coefficient (Wildman–Crippen LogP) is 2.96. The molecule has 0 saturated heterocycles. The Labute approximate surface area is 223 Å². The number of nitrogens with zero attached hydrogens (tertiary/aromatic N) is 1. The minimum absolute atomic E-state index is 0.0133. The van der Waals surface area contributed by atoms with Gasteiger partial charge in [-0.15, -0.1) is 10.1 Å². The molecule has 0 heterocycles. The van der Waals surface area contributed by atoms with Crippen molar-refractivity contribution in [3.63, 3.8) is 0 Å². The summed E-state index contributed by atoms with van der Waals surface area (Å²) in [7, 11) is 0. The summed E-state index contributed by atoms with van der Waals surface area (Å²) in [5.74, 6) is -1.47. The third kappa shape index (κ3) is 12.8. The molecule has 3 N–H and O–H groups in total. The molecule has 14 heteroatoms. The summed E-state index contributed by atoms with van der Waals surface area (Å²) in [4.78, 5) is 38.5. The van der Waals surface area contributed by atoms with Crippen LogP contribution in [0.2, 0.25) is 0 Å². The minimum atomic E-state index is -4.55. The lowest BCUT2D eigenvalue weighted by molar-refractivity contribution is -0.757. The molecule has 0 bridgehead atoms. The van der Waals surface area contributed by atoms with E-state index in [1.807, 2.05) is 0 Å². The summed E-state index contributed by atoms with van der Waals surface area (Å²) in [6, 6.07) is 4.24. The van der Waals surface area contributed by atoms with Crippen LogP contribution in [0.3, 0.4) is 0 Å². The number of halogens is 3. The zero-order valence-corrected chi connectivity index (χ0v) is 21.2. The Morgan fingerprint density at radius 1 is 1.18 bits per heavy atom. The van der Waals surface area contributed by atoms with Gasteiger partial charge in [-0.05, 0) is 50.0 Å². The molecule has 2 rings (SSSR count). The Hall–Kier alpha value is -3.39. The maximum absolute atomic E-state index is 13.0. The average molecular weight is 563 g/mol. The molecule has 1 aliphatic rings. The first-order valence-corrected chi connectivity index (χ1v) is 12.5. The van der Waals surface area contributed by atoms with Crippen molar-refractivity contribution in [2.45, 2.75) is 69.4 Å². The van der Waals surface area contributed by atoms with Gasteiger partial charge >= 0.3 is 12.1 Å². The molecule has 0 radical (unpaired) electrons. The topological polar surface area (TPSA) is 157 Å². The molecule has 0 aliphatic heterocycles. The zero-order chi connectivity index (χ0) is 28.8. The van der Waals surface area contributed by atoms with E-state index in [1.165, 1.54) is 18.2 Å². The number of carbonyl (C=O) groups is 2. The third-order valence-corrected chi connectivity index (χ3v) is 5.88. The minimum Gasteiger partial charge on any atom is -0.489 e. The number of hydrogen-bond acceptors (Lipinski definition) is 9. The van der Waals surface area contributed by atoms with Gasteiger partial charge in [-0.2, -0.15) is 13.2 Å². The number of benzene rings is 1. The van der Waals surface area contributed by atoms with Crippen molar-refractivity contribution in [1.82, 2.24) is 5.32 Å². The normalized spacial score (nSPS) is 20.0. The Morgan fingerprint density at radius 2 is 1.95 bits per heavy atom. The molecule has 1 amide bonds. The van der Waals surface area contributed by atoms with Crippen molar-refractivity contribution in [2.75, 3.05) is 19.8 Å². The molecule has 0 unspecified atom stereocenters. The Kier molecular flexibility index (Phi) is 13.0. The van der Waals surface area contributed by atoms with E-state index in [2.05, 4.69) is 10.2 Å². The van der Waals surface area contributed by atoms with Gasteiger partial charge in [-0.25, -0.2) is 0 Å². The number of amides is 1. The average Bonchev–Trinajstić information content (AvgIpc) is 3.19. The van der Waals surface area contributed by atoms with Gasteiger partial charge in [0, 0.05) is 18.9 Å². The summed E-state index contributed by atoms with van der Waals surface area (Å²) in [6.45, 7) is -0.365. The van der Waals surface area contributed by atoms with Crippen molar-refractivity contribution >= 4 is 11.9 Å². The molecule has 1 aliphatic carbocycles. The zero-order valence-electron chi connectivity index (χ0n) is 21.2. The number of ether oxygens (including phenoxy) is 2. The quantitative estimate of drug-likeness (QED) is 0.0906. The van der Waals surface area contributed by atoms with Gasteiger partial charge < -0.3 is 29.8 Å². The number of unbranched alkanes of at least 4 members (excludes halogenated alkanes) is 2. The smallest absolute Gasteiger partial charge is 0.416 e. The molecule has 0 aromatic heterocycles. The lowest BCUT2D eigenvalue weighted by atomic mass is 10.0. The standard InChI is InChI=1S/C25H33F3N2O9/c26-25(27,28)18-5-4-6-20(14-18)37-16-21(9-8-17-13-19(31)15-22(17)32)39-24(34)10-11-29-23(33)7-2-1-3-12-38-30(35)36/h4-6,8-9,14,17,19,21-22,31-32H,1-3,7,10-13,15-16H2,(H,29,33)/b9-8+/t17-,19-,21-,22-/m1/s1. The van der Waals surface area contributed by atoms with Crippen molar-refractivity contribution in [2.24, 2.45) is 5.92 Å². The first kappa shape index (κ1) is 31.8. The van der Waals surface area contributed by atoms with Gasteiger partial charge in [0.25, 0.3) is 5.09 Å². The van der Waals surface area contributed by atoms with Gasteiger partial charge in [0.2, 0.25) is 5.91 Å². The van der Waals surface area contributed by atoms with Crippen molar-refractivity contribution in [1.29, 1.82) is 0 Å². The fraction of sp³-hybridized carbons (Fsp3) is 0.600. The summed E-state index contributed by atoms with van der Waals surface area (Å²) in [6.07, 6.45) is -2.03. The van der Waals surface area contributed by atoms with E-state index >= 15 is 0 Å². The highest BCUT2D eigenvalue weighted by Gasteiger charge is 2.31. The van der Waals surface area contributed by atoms with Crippen molar-refractivity contribution < 1.29 is 52.4 Å². The predicted molar refractivity (Wildman–Crippen MR) is 130 cm³/mol. The molecule has 11 nitrogen and oxygen atoms in total. The fourth-order valence-electron chi connectivity index (χ4n) is 3.89. The van der Waals surface area contributed by atoms with E-state index in [-0.39, 0.29) is 56.6 Å². The number of aliphatic hydroxyl groups excluding tert-OH is 2. The van der Waals surface area contributed by atoms with Gasteiger partial charge in [0.05, 0.1) is 30.8 Å². The molecule has 1 fully saturated rings. The molecule has 0 spiro atoms. The lowest BCUT2D eigenvalue weighted by Gasteiger charge is -2.18. The van der Waals surface area contributed by atoms with Gasteiger partial charge in [-0.3, -0.25) is 9.59 Å². The summed E-state index contributed by atoms with van der Waals surface area (Å²) in [5.41, 5.74) is -0.896. The van der Waals surface area contributed by atoms with Crippen LogP contribution in [0.1, 0.15) is 50.5 Å². The number of carbonyl (C=O) groups excluding carboxylic acids is 2. The van der Waals surface area contributed by atoms with E-state index in [0.717, 1.165) is 12.1 Å². The van der Waals surface area contributed by atoms with Crippen LogP contribution in [0.25, 0.3) is 0 Å². The van der Waals surface area contributed by atoms with Crippen LogP contribution in [0, 0.1) is 16.0 Å². The van der Waals surface area contributed by atoms with E-state index in [4.69, 9.17) is 9.47 Å². The number of alkyl halides is 3. The molecule has 1 aromatic rings. The number of rotatable bonds is 16. The highest BCUT2D eigenvalue weighted by Crippen LogP contribution is 2.31. The highest BCUT2D eigenvalue weighted by atomic mass is 19.4. The maximum Gasteiger partial charge on any atom is 0.416 e. The van der Waals surface area contributed by atoms with Crippen LogP contribution in [0.5, 0.6) is 5.75 Å². The second-order valence-electron chi connectivity index (χ2n) is 9.07. The molecule has 1 aromatic carbocycles. The fourth-order valence-corrected chi connectivity index (χ4v) is 3.89. The second kappa shape index (κ2) is 15.9. The lowest BCUT2D eigenvalue weighted by Crippen LogP contribution is -2.29.